The average molecular weight is 356 g/mol. The van der Waals surface area contributed by atoms with Crippen molar-refractivity contribution in [3.63, 3.8) is 0 Å². The van der Waals surface area contributed by atoms with Crippen LogP contribution in [-0.2, 0) is 4.79 Å². The summed E-state index contributed by atoms with van der Waals surface area (Å²) in [6.07, 6.45) is 0. The smallest absolute Gasteiger partial charge is 0.264 e. The number of ether oxygens (including phenoxy) is 2. The highest BCUT2D eigenvalue weighted by atomic mass is 32.1. The van der Waals surface area contributed by atoms with Crippen LogP contribution >= 0.6 is 11.3 Å². The number of nitrogens with zero attached hydrogens (tertiary/aromatic N) is 1. The van der Waals surface area contributed by atoms with Gasteiger partial charge in [0.15, 0.2) is 11.7 Å². The highest BCUT2D eigenvalue weighted by Crippen LogP contribution is 2.32. The lowest BCUT2D eigenvalue weighted by atomic mass is 10.1. The average Bonchev–Trinajstić information content (AvgIpc) is 3.00. The van der Waals surface area contributed by atoms with Gasteiger partial charge in [-0.15, -0.1) is 0 Å². The van der Waals surface area contributed by atoms with E-state index in [1.807, 2.05) is 51.1 Å². The summed E-state index contributed by atoms with van der Waals surface area (Å²) in [5, 5.41) is 3.33. The molecule has 25 heavy (non-hydrogen) atoms. The molecule has 1 heterocycles. The van der Waals surface area contributed by atoms with Crippen LogP contribution in [0.1, 0.15) is 16.7 Å². The van der Waals surface area contributed by atoms with Crippen molar-refractivity contribution in [2.45, 2.75) is 20.8 Å². The molecule has 0 aliphatic rings. The van der Waals surface area contributed by atoms with Crippen molar-refractivity contribution in [1.29, 1.82) is 0 Å². The number of fused-ring (bicyclic) bond motifs is 1. The van der Waals surface area contributed by atoms with E-state index < -0.39 is 0 Å². The Kier molecular flexibility index (Phi) is 4.90. The number of thiazole rings is 1. The van der Waals surface area contributed by atoms with Crippen LogP contribution in [-0.4, -0.2) is 24.6 Å². The van der Waals surface area contributed by atoms with Crippen LogP contribution in [0.5, 0.6) is 11.5 Å². The van der Waals surface area contributed by atoms with Crippen molar-refractivity contribution in [2.24, 2.45) is 0 Å². The fourth-order valence-corrected chi connectivity index (χ4v) is 3.48. The number of nitrogens with one attached hydrogen (secondary N) is 1. The molecule has 0 bridgehead atoms. The number of benzene rings is 2. The summed E-state index contributed by atoms with van der Waals surface area (Å²) in [7, 11) is 1.60. The summed E-state index contributed by atoms with van der Waals surface area (Å²) in [6.45, 7) is 5.93. The zero-order valence-electron chi connectivity index (χ0n) is 14.7. The van der Waals surface area contributed by atoms with Crippen LogP contribution in [0.3, 0.4) is 0 Å². The van der Waals surface area contributed by atoms with Gasteiger partial charge in [-0.05, 0) is 49.6 Å². The van der Waals surface area contributed by atoms with Gasteiger partial charge < -0.3 is 9.47 Å². The van der Waals surface area contributed by atoms with E-state index in [1.54, 1.807) is 7.11 Å². The number of hydrogen-bond acceptors (Lipinski definition) is 5. The molecule has 0 aliphatic heterocycles. The lowest BCUT2D eigenvalue weighted by Gasteiger charge is -2.13. The third-order valence-electron chi connectivity index (χ3n) is 4.07. The molecule has 0 saturated carbocycles. The van der Waals surface area contributed by atoms with Crippen molar-refractivity contribution < 1.29 is 14.3 Å². The van der Waals surface area contributed by atoms with E-state index in [0.29, 0.717) is 10.9 Å². The number of aryl methyl sites for hydroxylation is 2. The highest BCUT2D eigenvalue weighted by Gasteiger charge is 2.13. The zero-order chi connectivity index (χ0) is 18.0. The van der Waals surface area contributed by atoms with Gasteiger partial charge in [0.05, 0.1) is 11.8 Å². The molecule has 0 aliphatic carbocycles. The van der Waals surface area contributed by atoms with E-state index in [4.69, 9.17) is 9.47 Å². The number of carbonyl (C=O) groups is 1. The largest absolute Gasteiger partial charge is 0.494 e. The topological polar surface area (TPSA) is 60.5 Å². The van der Waals surface area contributed by atoms with Crippen molar-refractivity contribution in [2.75, 3.05) is 19.0 Å². The molecule has 0 saturated heterocycles. The molecule has 0 spiro atoms. The maximum absolute atomic E-state index is 12.2. The first-order valence-corrected chi connectivity index (χ1v) is 8.74. The van der Waals surface area contributed by atoms with Crippen LogP contribution in [0.15, 0.2) is 30.3 Å². The fourth-order valence-electron chi connectivity index (χ4n) is 2.58. The molecule has 0 unspecified atom stereocenters. The minimum atomic E-state index is -0.238. The normalized spacial score (nSPS) is 10.7. The van der Waals surface area contributed by atoms with Gasteiger partial charge in [-0.1, -0.05) is 29.5 Å². The molecule has 0 radical (unpaired) electrons. The Bertz CT molecular complexity index is 934. The van der Waals surface area contributed by atoms with Crippen molar-refractivity contribution >= 4 is 32.6 Å². The third kappa shape index (κ3) is 3.58. The molecule has 0 fully saturated rings. The molecule has 1 amide bonds. The first-order chi connectivity index (χ1) is 12.0. The van der Waals surface area contributed by atoms with Crippen LogP contribution < -0.4 is 14.8 Å². The van der Waals surface area contributed by atoms with E-state index >= 15 is 0 Å². The standard InChI is InChI=1S/C19H20N2O3S/c1-11-8-9-12(2)18(13(11)3)24-10-16(22)20-19-21-17-14(23-4)6-5-7-15(17)25-19/h5-9H,10H2,1-4H3,(H,20,21,22). The Morgan fingerprint density at radius 3 is 2.68 bits per heavy atom. The molecule has 2 aromatic carbocycles. The maximum atomic E-state index is 12.2. The molecule has 1 N–H and O–H groups in total. The van der Waals surface area contributed by atoms with Crippen LogP contribution in [0.25, 0.3) is 10.2 Å². The quantitative estimate of drug-likeness (QED) is 0.742. The molecular formula is C19H20N2O3S. The Balaban J connectivity index is 1.70. The van der Waals surface area contributed by atoms with E-state index in [9.17, 15) is 4.79 Å². The third-order valence-corrected chi connectivity index (χ3v) is 5.01. The van der Waals surface area contributed by atoms with Gasteiger partial charge in [-0.25, -0.2) is 4.98 Å². The molecule has 1 aromatic heterocycles. The second kappa shape index (κ2) is 7.11. The summed E-state index contributed by atoms with van der Waals surface area (Å²) < 4.78 is 12.0. The van der Waals surface area contributed by atoms with E-state index in [0.717, 1.165) is 32.7 Å². The number of rotatable bonds is 5. The van der Waals surface area contributed by atoms with Crippen molar-refractivity contribution in [3.8, 4) is 11.5 Å². The van der Waals surface area contributed by atoms with Gasteiger partial charge in [-0.2, -0.15) is 0 Å². The Hall–Kier alpha value is -2.60. The van der Waals surface area contributed by atoms with Gasteiger partial charge in [0.1, 0.15) is 17.0 Å². The van der Waals surface area contributed by atoms with E-state index in [-0.39, 0.29) is 12.5 Å². The zero-order valence-corrected chi connectivity index (χ0v) is 15.5. The fraction of sp³-hybridized carbons (Fsp3) is 0.263. The number of hydrogen-bond donors (Lipinski definition) is 1. The molecule has 3 aromatic rings. The molecule has 0 atom stereocenters. The SMILES string of the molecule is COc1cccc2sc(NC(=O)COc3c(C)ccc(C)c3C)nc12. The first-order valence-electron chi connectivity index (χ1n) is 7.92. The van der Waals surface area contributed by atoms with Crippen LogP contribution in [0.2, 0.25) is 0 Å². The number of amides is 1. The number of anilines is 1. The Labute approximate surface area is 150 Å². The second-order valence-electron chi connectivity index (χ2n) is 5.82. The van der Waals surface area contributed by atoms with Crippen molar-refractivity contribution in [1.82, 2.24) is 4.98 Å². The highest BCUT2D eigenvalue weighted by molar-refractivity contribution is 7.22. The summed E-state index contributed by atoms with van der Waals surface area (Å²) in [4.78, 5) is 16.7. The first kappa shape index (κ1) is 17.2. The minimum absolute atomic E-state index is 0.0573. The van der Waals surface area contributed by atoms with E-state index in [1.165, 1.54) is 11.3 Å². The summed E-state index contributed by atoms with van der Waals surface area (Å²) in [6, 6.07) is 9.74. The van der Waals surface area contributed by atoms with E-state index in [2.05, 4.69) is 10.3 Å². The predicted octanol–water partition coefficient (Wildman–Crippen LogP) is 4.25. The minimum Gasteiger partial charge on any atom is -0.494 e. The van der Waals surface area contributed by atoms with Gasteiger partial charge in [0.25, 0.3) is 5.91 Å². The van der Waals surface area contributed by atoms with Crippen LogP contribution in [0, 0.1) is 20.8 Å². The molecule has 5 nitrogen and oxygen atoms in total. The Morgan fingerprint density at radius 2 is 1.92 bits per heavy atom. The number of para-hydroxylation sites is 1. The molecule has 130 valence electrons. The molecule has 3 rings (SSSR count). The molecular weight excluding hydrogens is 336 g/mol. The van der Waals surface area contributed by atoms with Crippen molar-refractivity contribution in [3.05, 3.63) is 47.0 Å². The predicted molar refractivity (Wildman–Crippen MR) is 101 cm³/mol. The second-order valence-corrected chi connectivity index (χ2v) is 6.85. The van der Waals surface area contributed by atoms with Gasteiger partial charge in [0, 0.05) is 0 Å². The monoisotopic (exact) mass is 356 g/mol. The van der Waals surface area contributed by atoms with Gasteiger partial charge in [0.2, 0.25) is 0 Å². The van der Waals surface area contributed by atoms with Gasteiger partial charge in [-0.3, -0.25) is 10.1 Å². The lowest BCUT2D eigenvalue weighted by molar-refractivity contribution is -0.118. The van der Waals surface area contributed by atoms with Crippen LogP contribution in [0.4, 0.5) is 5.13 Å². The lowest BCUT2D eigenvalue weighted by Crippen LogP contribution is -2.20. The van der Waals surface area contributed by atoms with Gasteiger partial charge >= 0.3 is 0 Å². The number of aromatic nitrogens is 1. The number of carbonyl (C=O) groups excluding carboxylic acids is 1. The Morgan fingerprint density at radius 1 is 1.16 bits per heavy atom. The summed E-state index contributed by atoms with van der Waals surface area (Å²) in [5.41, 5.74) is 3.95. The summed E-state index contributed by atoms with van der Waals surface area (Å²) in [5.74, 6) is 1.22. The number of methoxy groups -OCH3 is 1. The molecule has 6 heteroatoms. The summed E-state index contributed by atoms with van der Waals surface area (Å²) >= 11 is 1.41. The maximum Gasteiger partial charge on any atom is 0.264 e.